The number of phosphoric ester groups is 1. The number of phosphoric acid groups is 3. The number of aldehydes is 1. The first-order valence-corrected chi connectivity index (χ1v) is 24.2. The fourth-order valence-electron chi connectivity index (χ4n) is 4.52. The van der Waals surface area contributed by atoms with Gasteiger partial charge in [-0.25, -0.2) is 23.3 Å². The maximum atomic E-state index is 12.8. The SMILES string of the molecule is CCCCCCNC(=O)C(CSSCCC(=O)NCc1cn(C2CC(O)C(COP(=O)(O)OP(=O)(O)OP(=O)(O)O)O2)c(=O)nc1N)NC(=O)N[C@H](C=O)CS. The van der Waals surface area contributed by atoms with E-state index in [4.69, 9.17) is 20.3 Å². The second-order valence-corrected chi connectivity index (χ2v) is 19.2. The second-order valence-electron chi connectivity index (χ2n) is 11.7. The van der Waals surface area contributed by atoms with Crippen LogP contribution in [0.2, 0.25) is 0 Å². The lowest BCUT2D eigenvalue weighted by Crippen LogP contribution is -2.53. The molecule has 0 spiro atoms. The van der Waals surface area contributed by atoms with Gasteiger partial charge in [0.15, 0.2) is 0 Å². The van der Waals surface area contributed by atoms with E-state index in [1.54, 1.807) is 0 Å². The zero-order chi connectivity index (χ0) is 42.1. The van der Waals surface area contributed by atoms with Gasteiger partial charge in [-0.1, -0.05) is 47.8 Å². The molecule has 1 aliphatic rings. The third kappa shape index (κ3) is 19.1. The van der Waals surface area contributed by atoms with E-state index in [1.165, 1.54) is 27.8 Å². The molecule has 30 heteroatoms. The van der Waals surface area contributed by atoms with Crippen molar-refractivity contribution in [2.24, 2.45) is 0 Å². The van der Waals surface area contributed by atoms with Crippen molar-refractivity contribution < 1.29 is 75.4 Å². The number of thiol groups is 1. The number of nitrogen functional groups attached to an aromatic ring is 1. The first-order valence-electron chi connectivity index (χ1n) is 16.6. The maximum absolute atomic E-state index is 12.8. The third-order valence-electron chi connectivity index (χ3n) is 7.23. The van der Waals surface area contributed by atoms with Crippen LogP contribution in [0.5, 0.6) is 0 Å². The number of nitrogens with one attached hydrogen (secondary N) is 4. The van der Waals surface area contributed by atoms with Gasteiger partial charge in [0.1, 0.15) is 30.5 Å². The van der Waals surface area contributed by atoms with E-state index in [0.717, 1.165) is 30.3 Å². The van der Waals surface area contributed by atoms with Crippen LogP contribution in [0.25, 0.3) is 0 Å². The molecule has 11 N–H and O–H groups in total. The lowest BCUT2D eigenvalue weighted by atomic mass is 10.2. The number of rotatable bonds is 26. The Morgan fingerprint density at radius 1 is 1.11 bits per heavy atom. The van der Waals surface area contributed by atoms with Crippen LogP contribution in [0.4, 0.5) is 10.6 Å². The summed E-state index contributed by atoms with van der Waals surface area (Å²) < 4.78 is 52.6. The van der Waals surface area contributed by atoms with Gasteiger partial charge in [-0.05, 0) is 6.42 Å². The number of urea groups is 1. The van der Waals surface area contributed by atoms with Crippen molar-refractivity contribution >= 4 is 87.6 Å². The summed E-state index contributed by atoms with van der Waals surface area (Å²) in [5, 5.41) is 20.8. The van der Waals surface area contributed by atoms with Crippen molar-refractivity contribution in [1.29, 1.82) is 0 Å². The van der Waals surface area contributed by atoms with Crippen LogP contribution in [-0.2, 0) is 52.5 Å². The van der Waals surface area contributed by atoms with Crippen LogP contribution < -0.4 is 32.7 Å². The van der Waals surface area contributed by atoms with Gasteiger partial charge in [0.2, 0.25) is 11.8 Å². The molecule has 0 aliphatic carbocycles. The van der Waals surface area contributed by atoms with E-state index < -0.39 is 84.1 Å². The highest BCUT2D eigenvalue weighted by atomic mass is 33.1. The molecular formula is C26H46N7O17P3S3. The topological polar surface area (TPSA) is 367 Å². The van der Waals surface area contributed by atoms with Crippen molar-refractivity contribution in [2.45, 2.75) is 82.5 Å². The highest BCUT2D eigenvalue weighted by Crippen LogP contribution is 2.66. The Morgan fingerprint density at radius 2 is 1.82 bits per heavy atom. The number of nitrogens with zero attached hydrogens (tertiary/aromatic N) is 2. The number of hydrogen-bond donors (Lipinski definition) is 11. The van der Waals surface area contributed by atoms with Crippen molar-refractivity contribution in [3.05, 3.63) is 22.2 Å². The maximum Gasteiger partial charge on any atom is 0.490 e. The van der Waals surface area contributed by atoms with Crippen LogP contribution in [-0.4, -0.2) is 113 Å². The normalized spacial score (nSPS) is 20.2. The van der Waals surface area contributed by atoms with Gasteiger partial charge in [-0.15, -0.1) is 0 Å². The van der Waals surface area contributed by atoms with Gasteiger partial charge in [0.05, 0.1) is 18.8 Å². The van der Waals surface area contributed by atoms with E-state index >= 15 is 0 Å². The highest BCUT2D eigenvalue weighted by Gasteiger charge is 2.43. The van der Waals surface area contributed by atoms with E-state index in [-0.39, 0.29) is 42.3 Å². The average Bonchev–Trinajstić information content (AvgIpc) is 3.46. The van der Waals surface area contributed by atoms with Gasteiger partial charge in [0.25, 0.3) is 0 Å². The van der Waals surface area contributed by atoms with Crippen molar-refractivity contribution in [3.8, 4) is 0 Å². The number of ether oxygens (including phenoxy) is 1. The Bertz CT molecular complexity index is 1690. The third-order valence-corrected chi connectivity index (χ3v) is 13.8. The van der Waals surface area contributed by atoms with Crippen molar-refractivity contribution in [2.75, 3.05) is 36.1 Å². The van der Waals surface area contributed by atoms with Crippen LogP contribution in [0.1, 0.15) is 57.2 Å². The molecule has 320 valence electrons. The van der Waals surface area contributed by atoms with Crippen LogP contribution in [0.15, 0.2) is 11.0 Å². The fraction of sp³-hybridized carbons (Fsp3) is 0.692. The predicted octanol–water partition coefficient (Wildman–Crippen LogP) is 0.0665. The summed E-state index contributed by atoms with van der Waals surface area (Å²) in [6, 6.07) is -2.49. The minimum Gasteiger partial charge on any atom is -0.390 e. The average molecular weight is 918 g/mol. The lowest BCUT2D eigenvalue weighted by Gasteiger charge is -2.20. The molecule has 0 radical (unpaired) electrons. The largest absolute Gasteiger partial charge is 0.490 e. The van der Waals surface area contributed by atoms with Crippen molar-refractivity contribution in [3.63, 3.8) is 0 Å². The molecule has 1 aliphatic heterocycles. The molecule has 2 rings (SSSR count). The number of nitrogens with two attached hydrogens (primary N) is 1. The van der Waals surface area contributed by atoms with Gasteiger partial charge < -0.3 is 61.2 Å². The van der Waals surface area contributed by atoms with Crippen LogP contribution in [0, 0.1) is 0 Å². The molecule has 6 unspecified atom stereocenters. The first-order chi connectivity index (χ1) is 26.2. The van der Waals surface area contributed by atoms with E-state index in [9.17, 15) is 52.6 Å². The molecule has 1 fully saturated rings. The number of aromatic nitrogens is 2. The van der Waals surface area contributed by atoms with Gasteiger partial charge in [-0.3, -0.25) is 18.7 Å². The molecular weight excluding hydrogens is 871 g/mol. The summed E-state index contributed by atoms with van der Waals surface area (Å²) in [5.74, 6) is -0.529. The summed E-state index contributed by atoms with van der Waals surface area (Å²) in [7, 11) is -14.4. The van der Waals surface area contributed by atoms with Gasteiger partial charge >= 0.3 is 35.2 Å². The van der Waals surface area contributed by atoms with Crippen molar-refractivity contribution in [1.82, 2.24) is 30.8 Å². The number of carbonyl (C=O) groups excluding carboxylic acids is 4. The molecule has 0 saturated carbocycles. The molecule has 24 nitrogen and oxygen atoms in total. The summed E-state index contributed by atoms with van der Waals surface area (Å²) in [4.78, 5) is 101. The predicted molar refractivity (Wildman–Crippen MR) is 205 cm³/mol. The summed E-state index contributed by atoms with van der Waals surface area (Å²) in [5.41, 5.74) is 5.14. The Labute approximate surface area is 333 Å². The standard InChI is InChI=1S/C26H46N7O17P3S3/c1-2-3-4-5-7-28-24(37)18(31-25(38)30-17(12-34)14-54)15-56-55-8-6-21(36)29-10-16-11-33(26(39)32-23(16)27)22-9-19(35)20(48-22)13-47-52(43,44)50-53(45,46)49-51(40,41)42/h11-12,17-20,22,35,54H,2-10,13-15H2,1H3,(H,28,37)(H,29,36)(H,43,44)(H,45,46)(H2,27,32,39)(H2,30,31,38)(H2,40,41,42)/t17-,18?,19?,20?,22?/m1/s1. The van der Waals surface area contributed by atoms with Crippen LogP contribution >= 0.6 is 57.7 Å². The van der Waals surface area contributed by atoms with E-state index in [1.807, 2.05) is 0 Å². The molecule has 56 heavy (non-hydrogen) atoms. The quantitative estimate of drug-likeness (QED) is 0.0192. The smallest absolute Gasteiger partial charge is 0.390 e. The summed E-state index contributed by atoms with van der Waals surface area (Å²) in [6.07, 6.45) is 1.15. The minimum atomic E-state index is -5.78. The highest BCUT2D eigenvalue weighted by molar-refractivity contribution is 8.76. The number of unbranched alkanes of at least 4 members (excludes halogenated alkanes) is 3. The second kappa shape index (κ2) is 24.1. The zero-order valence-electron chi connectivity index (χ0n) is 29.7. The number of anilines is 1. The van der Waals surface area contributed by atoms with Gasteiger partial charge in [-0.2, -0.15) is 26.2 Å². The molecule has 0 bridgehead atoms. The van der Waals surface area contributed by atoms with E-state index in [0.29, 0.717) is 18.6 Å². The summed E-state index contributed by atoms with van der Waals surface area (Å²) in [6.45, 7) is 1.34. The number of aliphatic hydroxyl groups is 1. The minimum absolute atomic E-state index is 0.0189. The van der Waals surface area contributed by atoms with Gasteiger partial charge in [0, 0.05) is 55.0 Å². The Kier molecular flexibility index (Phi) is 21.6. The molecule has 1 aromatic rings. The Hall–Kier alpha value is -2.06. The molecule has 4 amide bonds. The first kappa shape index (κ1) is 50.1. The molecule has 1 aromatic heterocycles. The van der Waals surface area contributed by atoms with Crippen LogP contribution in [0.3, 0.4) is 0 Å². The Balaban J connectivity index is 1.90. The lowest BCUT2D eigenvalue weighted by molar-refractivity contribution is -0.122. The monoisotopic (exact) mass is 917 g/mol. The fourth-order valence-corrected chi connectivity index (χ4v) is 9.88. The molecule has 2 heterocycles. The number of carbonyl (C=O) groups is 4. The number of aliphatic hydroxyl groups excluding tert-OH is 1. The molecule has 7 atom stereocenters. The Morgan fingerprint density at radius 3 is 2.46 bits per heavy atom. The van der Waals surface area contributed by atoms with E-state index in [2.05, 4.69) is 58.9 Å². The zero-order valence-corrected chi connectivity index (χ0v) is 34.9. The number of amides is 4. The summed E-state index contributed by atoms with van der Waals surface area (Å²) >= 11 is 4.00. The number of hydrogen-bond acceptors (Lipinski definition) is 18. The molecule has 1 saturated heterocycles. The molecule has 0 aromatic carbocycles.